The topological polar surface area (TPSA) is 35.5 Å². The maximum atomic E-state index is 12.4. The summed E-state index contributed by atoms with van der Waals surface area (Å²) in [5.41, 5.74) is 2.64. The van der Waals surface area contributed by atoms with Gasteiger partial charge in [-0.1, -0.05) is 50.5 Å². The van der Waals surface area contributed by atoms with Gasteiger partial charge >= 0.3 is 5.97 Å². The second kappa shape index (κ2) is 8.98. The van der Waals surface area contributed by atoms with E-state index in [1.807, 2.05) is 42.5 Å². The van der Waals surface area contributed by atoms with Crippen LogP contribution in [0.4, 0.5) is 0 Å². The summed E-state index contributed by atoms with van der Waals surface area (Å²) in [6.45, 7) is 2.65. The van der Waals surface area contributed by atoms with E-state index >= 15 is 0 Å². The van der Waals surface area contributed by atoms with Gasteiger partial charge in [0.15, 0.2) is 0 Å². The molecule has 0 saturated carbocycles. The molecule has 0 bridgehead atoms. The standard InChI is InChI=1S/C20H22O3.Zn/c1-2-3-4-7-13-22-20(21)16-10-8-12-19-17(16)14-15-9-5-6-11-18(15)23-19;/h5-6,8-12H,2-4,7,13-14H2,1H3;. The normalized spacial score (nSPS) is 11.5. The molecule has 0 spiro atoms. The van der Waals surface area contributed by atoms with Crippen molar-refractivity contribution in [3.8, 4) is 11.5 Å². The molecule has 2 aromatic rings. The van der Waals surface area contributed by atoms with Crippen molar-refractivity contribution in [2.24, 2.45) is 0 Å². The van der Waals surface area contributed by atoms with Crippen molar-refractivity contribution in [3.63, 3.8) is 0 Å². The number of unbranched alkanes of at least 4 members (excludes halogenated alkanes) is 3. The van der Waals surface area contributed by atoms with Crippen molar-refractivity contribution in [1.82, 2.24) is 0 Å². The molecule has 0 radical (unpaired) electrons. The Morgan fingerprint density at radius 2 is 1.83 bits per heavy atom. The predicted octanol–water partition coefficient (Wildman–Crippen LogP) is 5.12. The first-order valence-corrected chi connectivity index (χ1v) is 8.34. The number of para-hydroxylation sites is 1. The van der Waals surface area contributed by atoms with Gasteiger partial charge in [0, 0.05) is 31.5 Å². The third kappa shape index (κ3) is 4.24. The smallest absolute Gasteiger partial charge is 0.338 e. The van der Waals surface area contributed by atoms with Crippen molar-refractivity contribution < 1.29 is 33.7 Å². The van der Waals surface area contributed by atoms with Gasteiger partial charge in [-0.3, -0.25) is 0 Å². The molecule has 4 heteroatoms. The number of rotatable bonds is 6. The van der Waals surface area contributed by atoms with Crippen LogP contribution in [0.1, 0.15) is 54.1 Å². The van der Waals surface area contributed by atoms with E-state index in [9.17, 15) is 4.79 Å². The Morgan fingerprint density at radius 1 is 1.04 bits per heavy atom. The van der Waals surface area contributed by atoms with E-state index in [0.29, 0.717) is 18.6 Å². The summed E-state index contributed by atoms with van der Waals surface area (Å²) in [7, 11) is 0. The van der Waals surface area contributed by atoms with Crippen molar-refractivity contribution in [2.75, 3.05) is 6.61 Å². The van der Waals surface area contributed by atoms with Gasteiger partial charge in [-0.25, -0.2) is 4.79 Å². The van der Waals surface area contributed by atoms with Crippen LogP contribution in [0.25, 0.3) is 0 Å². The number of carbonyl (C=O) groups excluding carboxylic acids is 1. The number of fused-ring (bicyclic) bond motifs is 2. The molecule has 1 aliphatic rings. The Morgan fingerprint density at radius 3 is 2.67 bits per heavy atom. The largest absolute Gasteiger partial charge is 0.462 e. The van der Waals surface area contributed by atoms with Crippen molar-refractivity contribution in [1.29, 1.82) is 0 Å². The zero-order valence-corrected chi connectivity index (χ0v) is 17.2. The minimum absolute atomic E-state index is 0. The number of hydrogen-bond donors (Lipinski definition) is 0. The summed E-state index contributed by atoms with van der Waals surface area (Å²) in [5.74, 6) is 1.37. The van der Waals surface area contributed by atoms with Gasteiger partial charge in [0.2, 0.25) is 0 Å². The maximum absolute atomic E-state index is 12.4. The average molecular weight is 376 g/mol. The van der Waals surface area contributed by atoms with Crippen LogP contribution in [0, 0.1) is 0 Å². The van der Waals surface area contributed by atoms with Crippen LogP contribution in [-0.2, 0) is 30.6 Å². The quantitative estimate of drug-likeness (QED) is 0.341. The first-order valence-electron chi connectivity index (χ1n) is 8.34. The minimum atomic E-state index is -0.249. The Balaban J connectivity index is 0.00000208. The van der Waals surface area contributed by atoms with Gasteiger partial charge in [0.05, 0.1) is 12.2 Å². The SMILES string of the molecule is CCCCCCOC(=O)c1cccc2c1Cc1ccccc1O2.[Zn]. The molecule has 0 atom stereocenters. The third-order valence-electron chi connectivity index (χ3n) is 4.14. The van der Waals surface area contributed by atoms with E-state index in [-0.39, 0.29) is 25.4 Å². The molecule has 0 unspecified atom stereocenters. The molecule has 0 saturated heterocycles. The summed E-state index contributed by atoms with van der Waals surface area (Å²) in [4.78, 5) is 12.4. The first-order chi connectivity index (χ1) is 11.3. The molecule has 0 aliphatic carbocycles. The van der Waals surface area contributed by atoms with E-state index < -0.39 is 0 Å². The molecular weight excluding hydrogens is 354 g/mol. The first kappa shape index (κ1) is 18.7. The third-order valence-corrected chi connectivity index (χ3v) is 4.14. The Hall–Kier alpha value is -1.67. The number of carbonyl (C=O) groups is 1. The molecule has 3 rings (SSSR count). The Labute approximate surface area is 156 Å². The van der Waals surface area contributed by atoms with Crippen LogP contribution in [0.5, 0.6) is 11.5 Å². The molecule has 3 nitrogen and oxygen atoms in total. The molecule has 0 fully saturated rings. The summed E-state index contributed by atoms with van der Waals surface area (Å²) in [6.07, 6.45) is 5.09. The number of hydrogen-bond acceptors (Lipinski definition) is 3. The molecular formula is C20H22O3Zn. The molecule has 1 heterocycles. The molecule has 122 valence electrons. The van der Waals surface area contributed by atoms with Crippen LogP contribution in [0.3, 0.4) is 0 Å². The number of ether oxygens (including phenoxy) is 2. The van der Waals surface area contributed by atoms with E-state index in [1.54, 1.807) is 0 Å². The van der Waals surface area contributed by atoms with Crippen LogP contribution in [-0.4, -0.2) is 12.6 Å². The minimum Gasteiger partial charge on any atom is -0.462 e. The Bertz CT molecular complexity index is 697. The van der Waals surface area contributed by atoms with E-state index in [4.69, 9.17) is 9.47 Å². The van der Waals surface area contributed by atoms with Crippen LogP contribution in [0.2, 0.25) is 0 Å². The molecule has 0 amide bonds. The molecule has 24 heavy (non-hydrogen) atoms. The fourth-order valence-electron chi connectivity index (χ4n) is 2.86. The zero-order valence-electron chi connectivity index (χ0n) is 14.2. The van der Waals surface area contributed by atoms with Gasteiger partial charge in [0.25, 0.3) is 0 Å². The monoisotopic (exact) mass is 374 g/mol. The average Bonchev–Trinajstić information content (AvgIpc) is 2.59. The predicted molar refractivity (Wildman–Crippen MR) is 90.2 cm³/mol. The van der Waals surface area contributed by atoms with Gasteiger partial charge < -0.3 is 9.47 Å². The fraction of sp³-hybridized carbons (Fsp3) is 0.350. The molecule has 1 aliphatic heterocycles. The molecule has 2 aromatic carbocycles. The van der Waals surface area contributed by atoms with Gasteiger partial charge in [-0.15, -0.1) is 0 Å². The summed E-state index contributed by atoms with van der Waals surface area (Å²) < 4.78 is 11.4. The molecule has 0 aromatic heterocycles. The van der Waals surface area contributed by atoms with E-state index in [2.05, 4.69) is 6.92 Å². The van der Waals surface area contributed by atoms with Crippen molar-refractivity contribution in [3.05, 3.63) is 59.2 Å². The maximum Gasteiger partial charge on any atom is 0.338 e. The van der Waals surface area contributed by atoms with E-state index in [0.717, 1.165) is 35.5 Å². The van der Waals surface area contributed by atoms with Crippen LogP contribution in [0.15, 0.2) is 42.5 Å². The van der Waals surface area contributed by atoms with E-state index in [1.165, 1.54) is 12.8 Å². The van der Waals surface area contributed by atoms with Gasteiger partial charge in [-0.2, -0.15) is 0 Å². The van der Waals surface area contributed by atoms with Crippen LogP contribution < -0.4 is 4.74 Å². The second-order valence-electron chi connectivity index (χ2n) is 5.87. The number of benzene rings is 2. The van der Waals surface area contributed by atoms with Crippen LogP contribution >= 0.6 is 0 Å². The second-order valence-corrected chi connectivity index (χ2v) is 5.87. The van der Waals surface area contributed by atoms with Gasteiger partial charge in [-0.05, 0) is 30.2 Å². The van der Waals surface area contributed by atoms with Crippen molar-refractivity contribution >= 4 is 5.97 Å². The van der Waals surface area contributed by atoms with Gasteiger partial charge in [0.1, 0.15) is 11.5 Å². The zero-order chi connectivity index (χ0) is 16.1. The fourth-order valence-corrected chi connectivity index (χ4v) is 2.86. The molecule has 0 N–H and O–H groups in total. The Kier molecular flexibility index (Phi) is 6.99. The summed E-state index contributed by atoms with van der Waals surface area (Å²) in [6, 6.07) is 13.5. The summed E-state index contributed by atoms with van der Waals surface area (Å²) in [5, 5.41) is 0. The van der Waals surface area contributed by atoms with Crippen molar-refractivity contribution in [2.45, 2.75) is 39.0 Å². The summed E-state index contributed by atoms with van der Waals surface area (Å²) >= 11 is 0. The number of esters is 1.